The number of nitro groups is 1. The molecule has 102 valence electrons. The summed E-state index contributed by atoms with van der Waals surface area (Å²) in [5.41, 5.74) is 0.281. The van der Waals surface area contributed by atoms with E-state index in [0.29, 0.717) is 12.8 Å². The molecule has 0 bridgehead atoms. The fourth-order valence-electron chi connectivity index (χ4n) is 2.33. The molecular formula is C13H21NO4. The third kappa shape index (κ3) is 3.31. The Labute approximate surface area is 107 Å². The summed E-state index contributed by atoms with van der Waals surface area (Å²) in [6.07, 6.45) is 4.67. The third-order valence-electron chi connectivity index (χ3n) is 3.76. The number of esters is 1. The van der Waals surface area contributed by atoms with Gasteiger partial charge in [0.15, 0.2) is 0 Å². The SMILES string of the molecule is CCC(C=C(C1CC(C(=O)OC)C1)[N+](=O)[O-])CC. The zero-order valence-electron chi connectivity index (χ0n) is 11.2. The quantitative estimate of drug-likeness (QED) is 0.415. The van der Waals surface area contributed by atoms with Crippen LogP contribution in [0.1, 0.15) is 39.5 Å². The molecule has 0 saturated heterocycles. The van der Waals surface area contributed by atoms with Gasteiger partial charge in [0.2, 0.25) is 5.70 Å². The minimum absolute atomic E-state index is 0.0929. The highest BCUT2D eigenvalue weighted by atomic mass is 16.6. The summed E-state index contributed by atoms with van der Waals surface area (Å²) in [7, 11) is 1.35. The van der Waals surface area contributed by atoms with Crippen LogP contribution in [-0.2, 0) is 9.53 Å². The molecule has 0 spiro atoms. The topological polar surface area (TPSA) is 69.4 Å². The van der Waals surface area contributed by atoms with Crippen LogP contribution < -0.4 is 0 Å². The lowest BCUT2D eigenvalue weighted by atomic mass is 9.72. The number of methoxy groups -OCH3 is 1. The van der Waals surface area contributed by atoms with Gasteiger partial charge in [-0.15, -0.1) is 0 Å². The highest BCUT2D eigenvalue weighted by Crippen LogP contribution is 2.40. The number of carbonyl (C=O) groups is 1. The molecule has 0 atom stereocenters. The molecule has 1 aliphatic carbocycles. The van der Waals surface area contributed by atoms with Crippen LogP contribution in [0.5, 0.6) is 0 Å². The minimum atomic E-state index is -0.295. The van der Waals surface area contributed by atoms with Crippen molar-refractivity contribution in [2.24, 2.45) is 17.8 Å². The normalized spacial score (nSPS) is 23.7. The highest BCUT2D eigenvalue weighted by molar-refractivity contribution is 5.73. The number of nitrogens with zero attached hydrogens (tertiary/aromatic N) is 1. The first-order chi connectivity index (χ1) is 8.53. The van der Waals surface area contributed by atoms with Gasteiger partial charge in [-0.25, -0.2) is 0 Å². The van der Waals surface area contributed by atoms with Crippen molar-refractivity contribution in [2.75, 3.05) is 7.11 Å². The molecule has 0 amide bonds. The van der Waals surface area contributed by atoms with E-state index in [1.165, 1.54) is 7.11 Å². The first-order valence-corrected chi connectivity index (χ1v) is 6.47. The second-order valence-electron chi connectivity index (χ2n) is 4.81. The van der Waals surface area contributed by atoms with Crippen LogP contribution in [0.15, 0.2) is 11.8 Å². The van der Waals surface area contributed by atoms with E-state index in [1.807, 2.05) is 13.8 Å². The van der Waals surface area contributed by atoms with Crippen LogP contribution in [0.2, 0.25) is 0 Å². The molecule has 18 heavy (non-hydrogen) atoms. The molecule has 0 aromatic carbocycles. The first-order valence-electron chi connectivity index (χ1n) is 6.47. The molecule has 0 N–H and O–H groups in total. The average Bonchev–Trinajstić information content (AvgIpc) is 2.30. The van der Waals surface area contributed by atoms with Gasteiger partial charge in [0.05, 0.1) is 23.9 Å². The maximum atomic E-state index is 11.3. The summed E-state index contributed by atoms with van der Waals surface area (Å²) in [4.78, 5) is 22.0. The lowest BCUT2D eigenvalue weighted by molar-refractivity contribution is -0.437. The van der Waals surface area contributed by atoms with Crippen molar-refractivity contribution in [1.82, 2.24) is 0 Å². The van der Waals surface area contributed by atoms with Crippen molar-refractivity contribution in [3.8, 4) is 0 Å². The van der Waals surface area contributed by atoms with E-state index in [9.17, 15) is 14.9 Å². The van der Waals surface area contributed by atoms with Gasteiger partial charge in [0, 0.05) is 0 Å². The zero-order chi connectivity index (χ0) is 13.7. The van der Waals surface area contributed by atoms with Crippen molar-refractivity contribution in [3.05, 3.63) is 21.9 Å². The van der Waals surface area contributed by atoms with Gasteiger partial charge >= 0.3 is 5.97 Å². The highest BCUT2D eigenvalue weighted by Gasteiger charge is 2.42. The molecule has 0 heterocycles. The van der Waals surface area contributed by atoms with E-state index < -0.39 is 0 Å². The minimum Gasteiger partial charge on any atom is -0.469 e. The fourth-order valence-corrected chi connectivity index (χ4v) is 2.33. The second-order valence-corrected chi connectivity index (χ2v) is 4.81. The van der Waals surface area contributed by atoms with E-state index in [0.717, 1.165) is 12.8 Å². The molecule has 1 aliphatic rings. The van der Waals surface area contributed by atoms with Crippen LogP contribution in [0.4, 0.5) is 0 Å². The number of ether oxygens (including phenoxy) is 1. The molecule has 0 unspecified atom stereocenters. The van der Waals surface area contributed by atoms with Crippen LogP contribution in [0.3, 0.4) is 0 Å². The summed E-state index contributed by atoms with van der Waals surface area (Å²) in [6, 6.07) is 0. The Balaban J connectivity index is 2.67. The summed E-state index contributed by atoms with van der Waals surface area (Å²) < 4.78 is 4.64. The molecule has 1 rings (SSSR count). The molecule has 0 aromatic rings. The molecule has 1 fully saturated rings. The number of hydrogen-bond donors (Lipinski definition) is 0. The van der Waals surface area contributed by atoms with Gasteiger partial charge in [0.1, 0.15) is 0 Å². The Kier molecular flexibility index (Phi) is 5.31. The molecule has 0 aliphatic heterocycles. The van der Waals surface area contributed by atoms with Crippen molar-refractivity contribution < 1.29 is 14.5 Å². The van der Waals surface area contributed by atoms with Gasteiger partial charge in [-0.1, -0.05) is 13.8 Å². The Morgan fingerprint density at radius 2 is 1.94 bits per heavy atom. The third-order valence-corrected chi connectivity index (χ3v) is 3.76. The number of rotatable bonds is 6. The van der Waals surface area contributed by atoms with Gasteiger partial charge in [-0.05, 0) is 37.7 Å². The lowest BCUT2D eigenvalue weighted by Crippen LogP contribution is -2.34. The summed E-state index contributed by atoms with van der Waals surface area (Å²) in [5, 5.41) is 11.1. The van der Waals surface area contributed by atoms with E-state index in [1.54, 1.807) is 6.08 Å². The Hall–Kier alpha value is -1.39. The monoisotopic (exact) mass is 255 g/mol. The maximum Gasteiger partial charge on any atom is 0.308 e. The van der Waals surface area contributed by atoms with E-state index >= 15 is 0 Å². The predicted molar refractivity (Wildman–Crippen MR) is 67.4 cm³/mol. The van der Waals surface area contributed by atoms with E-state index in [-0.39, 0.29) is 34.3 Å². The average molecular weight is 255 g/mol. The van der Waals surface area contributed by atoms with Crippen LogP contribution in [-0.4, -0.2) is 18.0 Å². The fraction of sp³-hybridized carbons (Fsp3) is 0.769. The molecule has 0 aromatic heterocycles. The Bertz CT molecular complexity index is 341. The lowest BCUT2D eigenvalue weighted by Gasteiger charge is -2.31. The van der Waals surface area contributed by atoms with Crippen molar-refractivity contribution >= 4 is 5.97 Å². The summed E-state index contributed by atoms with van der Waals surface area (Å²) in [5.74, 6) is -0.256. The summed E-state index contributed by atoms with van der Waals surface area (Å²) >= 11 is 0. The summed E-state index contributed by atoms with van der Waals surface area (Å²) in [6.45, 7) is 4.06. The standard InChI is InChI=1S/C13H21NO4/c1-4-9(5-2)6-12(14(16)17)10-7-11(8-10)13(15)18-3/h6,9-11H,4-5,7-8H2,1-3H3. The first kappa shape index (κ1) is 14.7. The molecular weight excluding hydrogens is 234 g/mol. The van der Waals surface area contributed by atoms with Crippen molar-refractivity contribution in [3.63, 3.8) is 0 Å². The molecule has 0 radical (unpaired) electrons. The van der Waals surface area contributed by atoms with Gasteiger partial charge in [0.25, 0.3) is 0 Å². The maximum absolute atomic E-state index is 11.3. The van der Waals surface area contributed by atoms with Crippen LogP contribution in [0.25, 0.3) is 0 Å². The van der Waals surface area contributed by atoms with Gasteiger partial charge in [-0.3, -0.25) is 14.9 Å². The zero-order valence-corrected chi connectivity index (χ0v) is 11.2. The Morgan fingerprint density at radius 1 is 1.39 bits per heavy atom. The number of carbonyl (C=O) groups excluding carboxylic acids is 1. The second kappa shape index (κ2) is 6.52. The van der Waals surface area contributed by atoms with E-state index in [4.69, 9.17) is 0 Å². The predicted octanol–water partition coefficient (Wildman–Crippen LogP) is 2.78. The Morgan fingerprint density at radius 3 is 2.33 bits per heavy atom. The molecule has 5 heteroatoms. The van der Waals surface area contributed by atoms with Crippen molar-refractivity contribution in [2.45, 2.75) is 39.5 Å². The number of allylic oxidation sites excluding steroid dienone is 2. The molecule has 1 saturated carbocycles. The van der Waals surface area contributed by atoms with Crippen LogP contribution >= 0.6 is 0 Å². The number of hydrogen-bond acceptors (Lipinski definition) is 4. The van der Waals surface area contributed by atoms with Gasteiger partial charge < -0.3 is 4.74 Å². The van der Waals surface area contributed by atoms with Crippen LogP contribution in [0, 0.1) is 27.9 Å². The molecule has 5 nitrogen and oxygen atoms in total. The van der Waals surface area contributed by atoms with Crippen molar-refractivity contribution in [1.29, 1.82) is 0 Å². The smallest absolute Gasteiger partial charge is 0.308 e. The largest absolute Gasteiger partial charge is 0.469 e. The van der Waals surface area contributed by atoms with E-state index in [2.05, 4.69) is 4.74 Å². The van der Waals surface area contributed by atoms with Gasteiger partial charge in [-0.2, -0.15) is 0 Å².